The first-order valence-electron chi connectivity index (χ1n) is 4.09. The quantitative estimate of drug-likeness (QED) is 0.599. The molecule has 1 heterocycles. The predicted molar refractivity (Wildman–Crippen MR) is 52.1 cm³/mol. The number of thiophene rings is 1. The minimum Gasteiger partial charge on any atom is -0.152 e. The molecule has 0 atom stereocenters. The molecule has 0 fully saturated rings. The van der Waals surface area contributed by atoms with Crippen LogP contribution >= 0.6 is 11.3 Å². The summed E-state index contributed by atoms with van der Waals surface area (Å²) >= 11 is 1.78. The van der Waals surface area contributed by atoms with Gasteiger partial charge in [-0.15, -0.1) is 0 Å². The van der Waals surface area contributed by atoms with Gasteiger partial charge in [-0.25, -0.2) is 0 Å². The molecule has 0 aliphatic carbocycles. The first-order chi connectivity index (χ1) is 5.43. The molecule has 1 rings (SSSR count). The minimum absolute atomic E-state index is 1.16. The molecule has 0 radical (unpaired) electrons. The Morgan fingerprint density at radius 1 is 1.45 bits per heavy atom. The molecule has 0 nitrogen and oxygen atoms in total. The number of aryl methyl sites for hydroxylation is 1. The van der Waals surface area contributed by atoms with Crippen LogP contribution in [0.2, 0.25) is 0 Å². The SMILES string of the molecule is CC/C=C\CCc1ccsc1. The molecule has 0 unspecified atom stereocenters. The van der Waals surface area contributed by atoms with E-state index in [1.807, 2.05) is 0 Å². The molecular weight excluding hydrogens is 152 g/mol. The summed E-state index contributed by atoms with van der Waals surface area (Å²) in [4.78, 5) is 0. The van der Waals surface area contributed by atoms with Gasteiger partial charge in [0.05, 0.1) is 0 Å². The van der Waals surface area contributed by atoms with Crippen LogP contribution < -0.4 is 0 Å². The zero-order valence-electron chi connectivity index (χ0n) is 6.92. The molecule has 0 saturated carbocycles. The smallest absolute Gasteiger partial charge is 0.00611 e. The molecule has 0 aromatic carbocycles. The Morgan fingerprint density at radius 2 is 2.36 bits per heavy atom. The van der Waals surface area contributed by atoms with Crippen LogP contribution in [-0.4, -0.2) is 0 Å². The Morgan fingerprint density at radius 3 is 3.00 bits per heavy atom. The van der Waals surface area contributed by atoms with Crippen LogP contribution in [0, 0.1) is 0 Å². The fourth-order valence-corrected chi connectivity index (χ4v) is 1.67. The maximum Gasteiger partial charge on any atom is -0.00611 e. The lowest BCUT2D eigenvalue weighted by molar-refractivity contribution is 0.999. The second-order valence-electron chi connectivity index (χ2n) is 2.55. The van der Waals surface area contributed by atoms with Crippen LogP contribution in [0.3, 0.4) is 0 Å². The van der Waals surface area contributed by atoms with Crippen molar-refractivity contribution in [3.05, 3.63) is 34.5 Å². The molecule has 0 saturated heterocycles. The molecule has 0 N–H and O–H groups in total. The lowest BCUT2D eigenvalue weighted by atomic mass is 10.2. The summed E-state index contributed by atoms with van der Waals surface area (Å²) in [5.41, 5.74) is 1.47. The third-order valence-electron chi connectivity index (χ3n) is 1.58. The minimum atomic E-state index is 1.16. The molecule has 0 spiro atoms. The average Bonchev–Trinajstić information content (AvgIpc) is 2.50. The van der Waals surface area contributed by atoms with Gasteiger partial charge in [0, 0.05) is 0 Å². The van der Waals surface area contributed by atoms with Crippen molar-refractivity contribution in [2.45, 2.75) is 26.2 Å². The number of hydrogen-bond donors (Lipinski definition) is 0. The van der Waals surface area contributed by atoms with Crippen LogP contribution in [-0.2, 0) is 6.42 Å². The van der Waals surface area contributed by atoms with Gasteiger partial charge < -0.3 is 0 Å². The Hall–Kier alpha value is -0.560. The lowest BCUT2D eigenvalue weighted by Crippen LogP contribution is -1.76. The Balaban J connectivity index is 2.19. The first-order valence-corrected chi connectivity index (χ1v) is 5.04. The topological polar surface area (TPSA) is 0 Å². The van der Waals surface area contributed by atoms with Crippen molar-refractivity contribution in [3.8, 4) is 0 Å². The zero-order valence-corrected chi connectivity index (χ0v) is 7.73. The van der Waals surface area contributed by atoms with Crippen molar-refractivity contribution in [2.24, 2.45) is 0 Å². The van der Waals surface area contributed by atoms with Crippen LogP contribution in [0.15, 0.2) is 29.0 Å². The van der Waals surface area contributed by atoms with Gasteiger partial charge in [-0.05, 0) is 41.7 Å². The van der Waals surface area contributed by atoms with E-state index in [9.17, 15) is 0 Å². The van der Waals surface area contributed by atoms with Crippen molar-refractivity contribution < 1.29 is 0 Å². The third-order valence-corrected chi connectivity index (χ3v) is 2.31. The van der Waals surface area contributed by atoms with Gasteiger partial charge in [-0.1, -0.05) is 19.1 Å². The van der Waals surface area contributed by atoms with E-state index < -0.39 is 0 Å². The van der Waals surface area contributed by atoms with Gasteiger partial charge in [0.25, 0.3) is 0 Å². The molecular formula is C10H14S. The molecule has 1 aromatic rings. The van der Waals surface area contributed by atoms with Crippen molar-refractivity contribution in [3.63, 3.8) is 0 Å². The molecule has 60 valence electrons. The van der Waals surface area contributed by atoms with Crippen LogP contribution in [0.4, 0.5) is 0 Å². The Labute approximate surface area is 72.6 Å². The summed E-state index contributed by atoms with van der Waals surface area (Å²) in [5.74, 6) is 0. The summed E-state index contributed by atoms with van der Waals surface area (Å²) in [6, 6.07) is 2.20. The molecule has 0 aliphatic rings. The third kappa shape index (κ3) is 3.38. The summed E-state index contributed by atoms with van der Waals surface area (Å²) < 4.78 is 0. The van der Waals surface area contributed by atoms with Crippen molar-refractivity contribution in [1.82, 2.24) is 0 Å². The van der Waals surface area contributed by atoms with Crippen LogP contribution in [0.5, 0.6) is 0 Å². The van der Waals surface area contributed by atoms with Crippen molar-refractivity contribution in [1.29, 1.82) is 0 Å². The average molecular weight is 166 g/mol. The highest BCUT2D eigenvalue weighted by molar-refractivity contribution is 7.07. The van der Waals surface area contributed by atoms with Gasteiger partial charge in [-0.2, -0.15) is 11.3 Å². The zero-order chi connectivity index (χ0) is 7.94. The molecule has 0 bridgehead atoms. The van der Waals surface area contributed by atoms with E-state index >= 15 is 0 Å². The summed E-state index contributed by atoms with van der Waals surface area (Å²) in [6.07, 6.45) is 8.03. The normalized spacial score (nSPS) is 11.0. The summed E-state index contributed by atoms with van der Waals surface area (Å²) in [6.45, 7) is 2.17. The second kappa shape index (κ2) is 5.14. The fourth-order valence-electron chi connectivity index (χ4n) is 0.969. The number of allylic oxidation sites excluding steroid dienone is 2. The van der Waals surface area contributed by atoms with E-state index in [0.717, 1.165) is 6.42 Å². The highest BCUT2D eigenvalue weighted by Gasteiger charge is 1.88. The van der Waals surface area contributed by atoms with Crippen LogP contribution in [0.25, 0.3) is 0 Å². The van der Waals surface area contributed by atoms with Crippen molar-refractivity contribution in [2.75, 3.05) is 0 Å². The van der Waals surface area contributed by atoms with E-state index in [-0.39, 0.29) is 0 Å². The largest absolute Gasteiger partial charge is 0.152 e. The highest BCUT2D eigenvalue weighted by atomic mass is 32.1. The number of rotatable bonds is 4. The lowest BCUT2D eigenvalue weighted by Gasteiger charge is -1.89. The Kier molecular flexibility index (Phi) is 3.99. The van der Waals surface area contributed by atoms with Gasteiger partial charge in [0.1, 0.15) is 0 Å². The predicted octanol–water partition coefficient (Wildman–Crippen LogP) is 3.65. The highest BCUT2D eigenvalue weighted by Crippen LogP contribution is 2.08. The molecule has 0 aliphatic heterocycles. The van der Waals surface area contributed by atoms with Gasteiger partial charge >= 0.3 is 0 Å². The first kappa shape index (κ1) is 8.54. The monoisotopic (exact) mass is 166 g/mol. The van der Waals surface area contributed by atoms with Gasteiger partial charge in [-0.3, -0.25) is 0 Å². The van der Waals surface area contributed by atoms with Crippen molar-refractivity contribution >= 4 is 11.3 Å². The second-order valence-corrected chi connectivity index (χ2v) is 3.33. The molecule has 11 heavy (non-hydrogen) atoms. The van der Waals surface area contributed by atoms with Gasteiger partial charge in [0.2, 0.25) is 0 Å². The van der Waals surface area contributed by atoms with E-state index in [2.05, 4.69) is 35.9 Å². The molecule has 1 heteroatoms. The summed E-state index contributed by atoms with van der Waals surface area (Å²) in [7, 11) is 0. The maximum atomic E-state index is 2.26. The Bertz CT molecular complexity index is 197. The molecule has 1 aromatic heterocycles. The van der Waals surface area contributed by atoms with Gasteiger partial charge in [0.15, 0.2) is 0 Å². The van der Waals surface area contributed by atoms with Crippen LogP contribution in [0.1, 0.15) is 25.3 Å². The molecule has 0 amide bonds. The van der Waals surface area contributed by atoms with E-state index in [4.69, 9.17) is 0 Å². The maximum absolute atomic E-state index is 2.26. The van der Waals surface area contributed by atoms with E-state index in [1.165, 1.54) is 18.4 Å². The van der Waals surface area contributed by atoms with E-state index in [0.29, 0.717) is 0 Å². The van der Waals surface area contributed by atoms with E-state index in [1.54, 1.807) is 11.3 Å². The number of hydrogen-bond acceptors (Lipinski definition) is 1. The summed E-state index contributed by atoms with van der Waals surface area (Å²) in [5, 5.41) is 4.36. The standard InChI is InChI=1S/C10H14S/c1-2-3-4-5-6-10-7-8-11-9-10/h3-4,7-9H,2,5-6H2,1H3/b4-3-. The fraction of sp³-hybridized carbons (Fsp3) is 0.400.